The van der Waals surface area contributed by atoms with E-state index in [1.54, 1.807) is 0 Å². The molecule has 0 spiro atoms. The molecule has 0 saturated carbocycles. The number of amides is 1. The normalized spacial score (nSPS) is 19.2. The van der Waals surface area contributed by atoms with E-state index in [0.29, 0.717) is 17.7 Å². The molecule has 0 aromatic heterocycles. The third-order valence-electron chi connectivity index (χ3n) is 5.02. The van der Waals surface area contributed by atoms with Crippen LogP contribution in [-0.4, -0.2) is 41.1 Å². The zero-order chi connectivity index (χ0) is 20.3. The van der Waals surface area contributed by atoms with E-state index in [-0.39, 0.29) is 31.1 Å². The zero-order valence-corrected chi connectivity index (χ0v) is 16.0. The second-order valence-electron chi connectivity index (χ2n) is 7.34. The minimum Gasteiger partial charge on any atom is -0.481 e. The molecule has 5 nitrogen and oxygen atoms in total. The van der Waals surface area contributed by atoms with Crippen molar-refractivity contribution in [3.8, 4) is 0 Å². The second-order valence-corrected chi connectivity index (χ2v) is 7.34. The lowest BCUT2D eigenvalue weighted by atomic mass is 9.89. The maximum Gasteiger partial charge on any atom is 0.308 e. The number of nitrogens with zero attached hydrogens (tertiary/aromatic N) is 1. The first-order valence-corrected chi connectivity index (χ1v) is 9.34. The second kappa shape index (κ2) is 8.52. The van der Waals surface area contributed by atoms with E-state index < -0.39 is 17.7 Å². The molecule has 1 fully saturated rings. The van der Waals surface area contributed by atoms with Crippen molar-refractivity contribution in [2.24, 2.45) is 5.92 Å². The summed E-state index contributed by atoms with van der Waals surface area (Å²) in [4.78, 5) is 26.2. The number of carboxylic acid groups (broad SMARTS) is 1. The molecule has 3 rings (SSSR count). The Bertz CT molecular complexity index is 853. The highest BCUT2D eigenvalue weighted by molar-refractivity contribution is 5.95. The van der Waals surface area contributed by atoms with E-state index >= 15 is 0 Å². The Labute approximate surface area is 163 Å². The van der Waals surface area contributed by atoms with E-state index in [2.05, 4.69) is 0 Å². The van der Waals surface area contributed by atoms with E-state index in [0.717, 1.165) is 5.56 Å². The summed E-state index contributed by atoms with van der Waals surface area (Å²) in [6.45, 7) is 4.23. The van der Waals surface area contributed by atoms with Gasteiger partial charge in [-0.15, -0.1) is 0 Å². The molecule has 0 radical (unpaired) electrons. The molecule has 2 atom stereocenters. The first-order valence-electron chi connectivity index (χ1n) is 9.34. The lowest BCUT2D eigenvalue weighted by Gasteiger charge is -2.17. The van der Waals surface area contributed by atoms with Crippen LogP contribution in [0.5, 0.6) is 0 Å². The van der Waals surface area contributed by atoms with Gasteiger partial charge in [-0.1, -0.05) is 30.3 Å². The average Bonchev–Trinajstić information content (AvgIpc) is 3.13. The minimum atomic E-state index is -0.922. The van der Waals surface area contributed by atoms with E-state index in [4.69, 9.17) is 4.74 Å². The number of hydrogen-bond acceptors (Lipinski definition) is 3. The first-order chi connectivity index (χ1) is 13.4. The lowest BCUT2D eigenvalue weighted by molar-refractivity contribution is -0.141. The molecule has 0 aliphatic carbocycles. The van der Waals surface area contributed by atoms with Crippen molar-refractivity contribution in [1.82, 2.24) is 4.90 Å². The van der Waals surface area contributed by atoms with E-state index in [9.17, 15) is 19.1 Å². The van der Waals surface area contributed by atoms with Crippen molar-refractivity contribution in [3.63, 3.8) is 0 Å². The van der Waals surface area contributed by atoms with E-state index in [1.165, 1.54) is 23.1 Å². The van der Waals surface area contributed by atoms with Gasteiger partial charge in [0.2, 0.25) is 0 Å². The van der Waals surface area contributed by atoms with Crippen LogP contribution in [-0.2, 0) is 16.1 Å². The molecule has 0 unspecified atom stereocenters. The number of likely N-dealkylation sites (tertiary alicyclic amines) is 1. The van der Waals surface area contributed by atoms with Gasteiger partial charge in [-0.25, -0.2) is 4.39 Å². The third kappa shape index (κ3) is 4.39. The smallest absolute Gasteiger partial charge is 0.308 e. The molecule has 2 aromatic carbocycles. The largest absolute Gasteiger partial charge is 0.481 e. The van der Waals surface area contributed by atoms with Crippen molar-refractivity contribution < 1.29 is 23.8 Å². The van der Waals surface area contributed by atoms with Gasteiger partial charge in [-0.3, -0.25) is 9.59 Å². The summed E-state index contributed by atoms with van der Waals surface area (Å²) in [7, 11) is 0. The van der Waals surface area contributed by atoms with Crippen LogP contribution >= 0.6 is 0 Å². The van der Waals surface area contributed by atoms with Crippen LogP contribution < -0.4 is 0 Å². The first kappa shape index (κ1) is 20.0. The Balaban J connectivity index is 1.81. The maximum atomic E-state index is 14.0. The Morgan fingerprint density at radius 2 is 1.89 bits per heavy atom. The number of benzene rings is 2. The molecule has 1 aliphatic heterocycles. The standard InChI is InChI=1S/C22H24FNO4/c1-14(2)28-13-17-10-16(8-9-20(17)23)21(25)24-11-18(19(12-24)22(26)27)15-6-4-3-5-7-15/h3-10,14,18-19H,11-13H2,1-2H3,(H,26,27)/t18-,19+/m0/s1. The lowest BCUT2D eigenvalue weighted by Crippen LogP contribution is -2.30. The summed E-state index contributed by atoms with van der Waals surface area (Å²) in [6, 6.07) is 13.5. The zero-order valence-electron chi connectivity index (χ0n) is 16.0. The van der Waals surface area contributed by atoms with Gasteiger partial charge in [0.15, 0.2) is 0 Å². The third-order valence-corrected chi connectivity index (χ3v) is 5.02. The van der Waals surface area contributed by atoms with Crippen LogP contribution in [0.25, 0.3) is 0 Å². The maximum absolute atomic E-state index is 14.0. The van der Waals surface area contributed by atoms with Crippen molar-refractivity contribution in [3.05, 3.63) is 71.0 Å². The number of carbonyl (C=O) groups is 2. The van der Waals surface area contributed by atoms with Crippen molar-refractivity contribution in [2.45, 2.75) is 32.5 Å². The van der Waals surface area contributed by atoms with Crippen molar-refractivity contribution in [2.75, 3.05) is 13.1 Å². The molecule has 1 heterocycles. The summed E-state index contributed by atoms with van der Waals surface area (Å²) < 4.78 is 19.5. The van der Waals surface area contributed by atoms with Crippen LogP contribution in [0, 0.1) is 11.7 Å². The molecular weight excluding hydrogens is 361 g/mol. The Kier molecular flexibility index (Phi) is 6.09. The van der Waals surface area contributed by atoms with Crippen LogP contribution in [0.3, 0.4) is 0 Å². The summed E-state index contributed by atoms with van der Waals surface area (Å²) >= 11 is 0. The summed E-state index contributed by atoms with van der Waals surface area (Å²) in [6.07, 6.45) is -0.0553. The fraction of sp³-hybridized carbons (Fsp3) is 0.364. The van der Waals surface area contributed by atoms with Crippen LogP contribution in [0.15, 0.2) is 48.5 Å². The predicted octanol–water partition coefficient (Wildman–Crippen LogP) is 3.69. The van der Waals surface area contributed by atoms with Gasteiger partial charge in [0, 0.05) is 30.1 Å². The highest BCUT2D eigenvalue weighted by atomic mass is 19.1. The highest BCUT2D eigenvalue weighted by Crippen LogP contribution is 2.33. The number of carbonyl (C=O) groups excluding carboxylic acids is 1. The average molecular weight is 385 g/mol. The molecule has 1 aliphatic rings. The number of carboxylic acids is 1. The topological polar surface area (TPSA) is 66.8 Å². The molecule has 28 heavy (non-hydrogen) atoms. The molecule has 1 saturated heterocycles. The number of halogens is 1. The van der Waals surface area contributed by atoms with E-state index in [1.807, 2.05) is 44.2 Å². The molecule has 0 bridgehead atoms. The predicted molar refractivity (Wildman–Crippen MR) is 103 cm³/mol. The number of ether oxygens (including phenoxy) is 1. The van der Waals surface area contributed by atoms with Crippen molar-refractivity contribution >= 4 is 11.9 Å². The van der Waals surface area contributed by atoms with Gasteiger partial charge in [0.1, 0.15) is 5.82 Å². The number of hydrogen-bond donors (Lipinski definition) is 1. The number of rotatable bonds is 6. The summed E-state index contributed by atoms with van der Waals surface area (Å²) in [5.41, 5.74) is 1.55. The van der Waals surface area contributed by atoms with Gasteiger partial charge in [0.25, 0.3) is 5.91 Å². The van der Waals surface area contributed by atoms with Gasteiger partial charge in [0.05, 0.1) is 18.6 Å². The molecule has 1 N–H and O–H groups in total. The monoisotopic (exact) mass is 385 g/mol. The number of aliphatic carboxylic acids is 1. The Hall–Kier alpha value is -2.73. The molecule has 2 aromatic rings. The Morgan fingerprint density at radius 1 is 1.18 bits per heavy atom. The molecule has 148 valence electrons. The minimum absolute atomic E-state index is 0.0553. The van der Waals surface area contributed by atoms with Crippen molar-refractivity contribution in [1.29, 1.82) is 0 Å². The quantitative estimate of drug-likeness (QED) is 0.824. The van der Waals surface area contributed by atoms with Gasteiger partial charge in [-0.2, -0.15) is 0 Å². The van der Waals surface area contributed by atoms with Gasteiger partial charge in [-0.05, 0) is 37.6 Å². The van der Waals surface area contributed by atoms with Gasteiger partial charge < -0.3 is 14.7 Å². The summed E-state index contributed by atoms with van der Waals surface area (Å²) in [5.74, 6) is -2.59. The highest BCUT2D eigenvalue weighted by Gasteiger charge is 2.40. The van der Waals surface area contributed by atoms with Crippen LogP contribution in [0.4, 0.5) is 4.39 Å². The Morgan fingerprint density at radius 3 is 2.54 bits per heavy atom. The molecular formula is C22H24FNO4. The SMILES string of the molecule is CC(C)OCc1cc(C(=O)N2C[C@@H](C(=O)O)[C@H](c3ccccc3)C2)ccc1F. The summed E-state index contributed by atoms with van der Waals surface area (Å²) in [5, 5.41) is 9.61. The fourth-order valence-electron chi connectivity index (χ4n) is 3.52. The fourth-order valence-corrected chi connectivity index (χ4v) is 3.52. The molecule has 1 amide bonds. The molecule has 6 heteroatoms. The van der Waals surface area contributed by atoms with Gasteiger partial charge >= 0.3 is 5.97 Å². The van der Waals surface area contributed by atoms with Crippen LogP contribution in [0.1, 0.15) is 41.3 Å². The van der Waals surface area contributed by atoms with Crippen LogP contribution in [0.2, 0.25) is 0 Å².